The lowest BCUT2D eigenvalue weighted by molar-refractivity contribution is -0.201. The average Bonchev–Trinajstić information content (AvgIpc) is 2.54. The summed E-state index contributed by atoms with van der Waals surface area (Å²) in [5, 5.41) is 12.5. The van der Waals surface area contributed by atoms with Gasteiger partial charge in [-0.05, 0) is 44.7 Å². The molecule has 0 aromatic carbocycles. The van der Waals surface area contributed by atoms with E-state index < -0.39 is 17.4 Å². The number of aliphatic hydroxyl groups is 1. The second kappa shape index (κ2) is 7.88. The number of alkyl halides is 2. The smallest absolute Gasteiger partial charge is 0.352 e. The number of carbonyl (C=O) groups is 1. The van der Waals surface area contributed by atoms with E-state index in [2.05, 4.69) is 10.2 Å². The molecule has 2 rings (SSSR count). The van der Waals surface area contributed by atoms with Gasteiger partial charge in [0, 0.05) is 13.1 Å². The van der Waals surface area contributed by atoms with Gasteiger partial charge < -0.3 is 15.3 Å². The zero-order valence-electron chi connectivity index (χ0n) is 14.1. The quantitative estimate of drug-likeness (QED) is 0.786. The van der Waals surface area contributed by atoms with E-state index in [1.807, 2.05) is 6.92 Å². The lowest BCUT2D eigenvalue weighted by atomic mass is 9.79. The predicted molar refractivity (Wildman–Crippen MR) is 85.4 cm³/mol. The van der Waals surface area contributed by atoms with Crippen molar-refractivity contribution in [2.75, 3.05) is 26.2 Å². The van der Waals surface area contributed by atoms with Gasteiger partial charge in [-0.1, -0.05) is 32.6 Å². The minimum Gasteiger partial charge on any atom is -0.383 e. The van der Waals surface area contributed by atoms with Gasteiger partial charge in [-0.25, -0.2) is 0 Å². The molecule has 0 unspecified atom stereocenters. The Labute approximate surface area is 137 Å². The Balaban J connectivity index is 1.80. The molecule has 2 aliphatic rings. The van der Waals surface area contributed by atoms with E-state index in [0.717, 1.165) is 26.1 Å². The number of piperidine rings is 1. The fourth-order valence-corrected chi connectivity index (χ4v) is 3.69. The largest absolute Gasteiger partial charge is 0.383 e. The van der Waals surface area contributed by atoms with Gasteiger partial charge in [0.05, 0.1) is 0 Å². The van der Waals surface area contributed by atoms with Crippen molar-refractivity contribution in [3.05, 3.63) is 0 Å². The molecule has 2 N–H and O–H groups in total. The number of carbonyl (C=O) groups excluding carboxylic acids is 1. The molecule has 23 heavy (non-hydrogen) atoms. The van der Waals surface area contributed by atoms with Crippen LogP contribution in [0.25, 0.3) is 0 Å². The molecule has 1 heterocycles. The Morgan fingerprint density at radius 3 is 2.35 bits per heavy atom. The van der Waals surface area contributed by atoms with Crippen molar-refractivity contribution in [3.63, 3.8) is 0 Å². The van der Waals surface area contributed by atoms with Crippen LogP contribution in [-0.2, 0) is 4.79 Å². The summed E-state index contributed by atoms with van der Waals surface area (Å²) in [6, 6.07) is 0. The summed E-state index contributed by atoms with van der Waals surface area (Å²) in [6.45, 7) is 5.10. The third kappa shape index (κ3) is 4.63. The van der Waals surface area contributed by atoms with Gasteiger partial charge in [0.2, 0.25) is 0 Å². The lowest BCUT2D eigenvalue weighted by Crippen LogP contribution is -2.58. The number of halogens is 2. The first-order valence-corrected chi connectivity index (χ1v) is 8.96. The van der Waals surface area contributed by atoms with Gasteiger partial charge in [-0.15, -0.1) is 0 Å². The van der Waals surface area contributed by atoms with Gasteiger partial charge in [-0.2, -0.15) is 8.78 Å². The van der Waals surface area contributed by atoms with Crippen LogP contribution in [-0.4, -0.2) is 53.6 Å². The van der Waals surface area contributed by atoms with Crippen LogP contribution in [0.2, 0.25) is 0 Å². The summed E-state index contributed by atoms with van der Waals surface area (Å²) in [6.07, 6.45) is 5.55. The molecule has 0 spiro atoms. The van der Waals surface area contributed by atoms with E-state index in [4.69, 9.17) is 0 Å². The summed E-state index contributed by atoms with van der Waals surface area (Å²) in [7, 11) is 0. The van der Waals surface area contributed by atoms with E-state index in [1.54, 1.807) is 0 Å². The first-order valence-electron chi connectivity index (χ1n) is 8.96. The Morgan fingerprint density at radius 1 is 1.17 bits per heavy atom. The molecule has 0 aromatic heterocycles. The number of nitrogens with one attached hydrogen (secondary N) is 1. The highest BCUT2D eigenvalue weighted by molar-refractivity contribution is 5.84. The van der Waals surface area contributed by atoms with E-state index in [9.17, 15) is 18.7 Å². The molecule has 1 aliphatic carbocycles. The minimum absolute atomic E-state index is 0.00322. The van der Waals surface area contributed by atoms with Crippen LogP contribution in [0.4, 0.5) is 8.78 Å². The summed E-state index contributed by atoms with van der Waals surface area (Å²) in [4.78, 5) is 14.3. The molecule has 1 amide bonds. The summed E-state index contributed by atoms with van der Waals surface area (Å²) >= 11 is 0. The molecule has 0 radical (unpaired) electrons. The van der Waals surface area contributed by atoms with Gasteiger partial charge in [0.1, 0.15) is 5.60 Å². The number of hydrogen-bond donors (Lipinski definition) is 2. The van der Waals surface area contributed by atoms with Gasteiger partial charge in [0.15, 0.2) is 0 Å². The highest BCUT2D eigenvalue weighted by Gasteiger charge is 2.58. The maximum absolute atomic E-state index is 14.3. The normalized spacial score (nSPS) is 24.2. The maximum Gasteiger partial charge on any atom is 0.352 e. The average molecular weight is 332 g/mol. The molecule has 6 heteroatoms. The number of rotatable bonds is 6. The Kier molecular flexibility index (Phi) is 6.37. The van der Waals surface area contributed by atoms with Crippen LogP contribution in [0, 0.1) is 5.92 Å². The topological polar surface area (TPSA) is 52.6 Å². The van der Waals surface area contributed by atoms with E-state index in [1.165, 1.54) is 19.3 Å². The van der Waals surface area contributed by atoms with Crippen molar-refractivity contribution >= 4 is 5.91 Å². The van der Waals surface area contributed by atoms with Crippen LogP contribution >= 0.6 is 0 Å². The zero-order chi connectivity index (χ0) is 16.9. The van der Waals surface area contributed by atoms with Gasteiger partial charge >= 0.3 is 5.92 Å². The van der Waals surface area contributed by atoms with Crippen molar-refractivity contribution in [2.45, 2.75) is 69.8 Å². The second-order valence-corrected chi connectivity index (χ2v) is 7.34. The Bertz CT molecular complexity index is 392. The van der Waals surface area contributed by atoms with Gasteiger partial charge in [-0.3, -0.25) is 4.79 Å². The molecule has 1 atom stereocenters. The third-order valence-electron chi connectivity index (χ3n) is 5.18. The molecule has 1 aliphatic heterocycles. The van der Waals surface area contributed by atoms with Crippen molar-refractivity contribution in [1.29, 1.82) is 0 Å². The van der Waals surface area contributed by atoms with Crippen molar-refractivity contribution < 1.29 is 18.7 Å². The fraction of sp³-hybridized carbons (Fsp3) is 0.941. The Morgan fingerprint density at radius 2 is 1.74 bits per heavy atom. The van der Waals surface area contributed by atoms with Crippen molar-refractivity contribution in [1.82, 2.24) is 10.2 Å². The fourth-order valence-electron chi connectivity index (χ4n) is 3.69. The second-order valence-electron chi connectivity index (χ2n) is 7.34. The lowest BCUT2D eigenvalue weighted by Gasteiger charge is -2.37. The first-order chi connectivity index (χ1) is 10.8. The van der Waals surface area contributed by atoms with Crippen LogP contribution < -0.4 is 5.32 Å². The summed E-state index contributed by atoms with van der Waals surface area (Å²) in [5.41, 5.74) is -2.18. The van der Waals surface area contributed by atoms with Crippen LogP contribution in [0.5, 0.6) is 0 Å². The van der Waals surface area contributed by atoms with Crippen LogP contribution in [0.3, 0.4) is 0 Å². The number of likely N-dealkylation sites (tertiary alicyclic amines) is 1. The highest BCUT2D eigenvalue weighted by atomic mass is 19.3. The van der Waals surface area contributed by atoms with Crippen molar-refractivity contribution in [3.8, 4) is 0 Å². The zero-order valence-corrected chi connectivity index (χ0v) is 14.1. The molecular formula is C17H30F2N2O2. The minimum atomic E-state index is -3.71. The summed E-state index contributed by atoms with van der Waals surface area (Å²) < 4.78 is 28.6. The van der Waals surface area contributed by atoms with Crippen LogP contribution in [0.15, 0.2) is 0 Å². The number of hydrogen-bond acceptors (Lipinski definition) is 3. The number of amides is 1. The van der Waals surface area contributed by atoms with E-state index >= 15 is 0 Å². The maximum atomic E-state index is 14.3. The predicted octanol–water partition coefficient (Wildman–Crippen LogP) is 2.56. The highest BCUT2D eigenvalue weighted by Crippen LogP contribution is 2.40. The molecule has 4 nitrogen and oxygen atoms in total. The third-order valence-corrected chi connectivity index (χ3v) is 5.18. The van der Waals surface area contributed by atoms with E-state index in [-0.39, 0.29) is 25.3 Å². The molecule has 134 valence electrons. The van der Waals surface area contributed by atoms with Crippen molar-refractivity contribution in [2.24, 2.45) is 5.92 Å². The molecule has 0 aromatic rings. The standard InChI is InChI=1S/C17H30F2N2O2/c1-14(13-21-10-6-3-7-11-21)12-20-15(22)17(18,19)16(23)8-4-2-5-9-16/h14,23H,2-13H2,1H3,(H,20,22)/t14-/m0/s1. The van der Waals surface area contributed by atoms with Gasteiger partial charge in [0.25, 0.3) is 5.91 Å². The Hall–Kier alpha value is -0.750. The SMILES string of the molecule is C[C@@H](CNC(=O)C(F)(F)C1(O)CCCCC1)CN1CCCCC1. The number of nitrogens with zero attached hydrogens (tertiary/aromatic N) is 1. The molecule has 1 saturated carbocycles. The summed E-state index contributed by atoms with van der Waals surface area (Å²) in [5.74, 6) is -4.92. The molecule has 2 fully saturated rings. The molecule has 0 bridgehead atoms. The van der Waals surface area contributed by atoms with Crippen LogP contribution in [0.1, 0.15) is 58.3 Å². The van der Waals surface area contributed by atoms with E-state index in [0.29, 0.717) is 12.8 Å². The molecule has 1 saturated heterocycles. The molecular weight excluding hydrogens is 302 g/mol. The monoisotopic (exact) mass is 332 g/mol. The first kappa shape index (κ1) is 18.6.